The van der Waals surface area contributed by atoms with Crippen LogP contribution in [0.2, 0.25) is 0 Å². The third kappa shape index (κ3) is 2.14. The second-order valence-corrected chi connectivity index (χ2v) is 5.90. The quantitative estimate of drug-likeness (QED) is 0.739. The summed E-state index contributed by atoms with van der Waals surface area (Å²) in [4.78, 5) is 25.7. The third-order valence-corrected chi connectivity index (χ3v) is 4.53. The van der Waals surface area contributed by atoms with E-state index in [1.165, 1.54) is 12.0 Å². The molecule has 2 heterocycles. The van der Waals surface area contributed by atoms with Gasteiger partial charge in [0.05, 0.1) is 18.5 Å². The number of piperidine rings is 1. The SMILES string of the molecule is COCCN1C(=O)[C@@H](C(=O)[O-])[C@H]2C[C@]1(C)Oc1ccccc12. The minimum Gasteiger partial charge on any atom is -0.549 e. The molecule has 1 aromatic rings. The maximum absolute atomic E-state index is 12.7. The number of methoxy groups -OCH3 is 1. The van der Waals surface area contributed by atoms with Crippen molar-refractivity contribution in [2.24, 2.45) is 5.92 Å². The van der Waals surface area contributed by atoms with E-state index < -0.39 is 29.4 Å². The van der Waals surface area contributed by atoms with Crippen LogP contribution in [0.25, 0.3) is 0 Å². The van der Waals surface area contributed by atoms with Crippen molar-refractivity contribution in [1.82, 2.24) is 4.90 Å². The van der Waals surface area contributed by atoms with Crippen molar-refractivity contribution in [1.29, 1.82) is 0 Å². The van der Waals surface area contributed by atoms with Crippen molar-refractivity contribution < 1.29 is 24.2 Å². The average molecular weight is 304 g/mol. The zero-order chi connectivity index (χ0) is 15.9. The summed E-state index contributed by atoms with van der Waals surface area (Å²) in [5.41, 5.74) is -0.102. The predicted octanol–water partition coefficient (Wildman–Crippen LogP) is 0.124. The minimum absolute atomic E-state index is 0.282. The number of carboxylic acid groups (broad SMARTS) is 1. The van der Waals surface area contributed by atoms with Crippen molar-refractivity contribution in [2.45, 2.75) is 25.0 Å². The first-order chi connectivity index (χ1) is 10.5. The lowest BCUT2D eigenvalue weighted by atomic mass is 9.74. The van der Waals surface area contributed by atoms with Crippen molar-refractivity contribution >= 4 is 11.9 Å². The number of hydrogen-bond donors (Lipinski definition) is 0. The molecule has 0 radical (unpaired) electrons. The Hall–Kier alpha value is -2.08. The molecule has 0 N–H and O–H groups in total. The Kier molecular flexibility index (Phi) is 3.56. The van der Waals surface area contributed by atoms with Gasteiger partial charge in [0.1, 0.15) is 5.75 Å². The number of benzene rings is 1. The molecule has 3 atom stereocenters. The molecule has 1 aromatic carbocycles. The Morgan fingerprint density at radius 3 is 2.91 bits per heavy atom. The van der Waals surface area contributed by atoms with Gasteiger partial charge in [-0.2, -0.15) is 0 Å². The summed E-state index contributed by atoms with van der Waals surface area (Å²) in [6.07, 6.45) is 0.429. The molecule has 1 saturated heterocycles. The lowest BCUT2D eigenvalue weighted by molar-refractivity contribution is -0.313. The van der Waals surface area contributed by atoms with E-state index in [0.717, 1.165) is 5.56 Å². The van der Waals surface area contributed by atoms with Gasteiger partial charge in [0.2, 0.25) is 5.91 Å². The summed E-state index contributed by atoms with van der Waals surface area (Å²) in [5, 5.41) is 11.6. The van der Waals surface area contributed by atoms with Gasteiger partial charge < -0.3 is 24.3 Å². The summed E-state index contributed by atoms with van der Waals surface area (Å²) >= 11 is 0. The monoisotopic (exact) mass is 304 g/mol. The van der Waals surface area contributed by atoms with Crippen LogP contribution in [0, 0.1) is 5.92 Å². The van der Waals surface area contributed by atoms with Crippen molar-refractivity contribution in [3.63, 3.8) is 0 Å². The molecule has 2 aliphatic heterocycles. The van der Waals surface area contributed by atoms with Gasteiger partial charge in [-0.1, -0.05) is 18.2 Å². The first-order valence-corrected chi connectivity index (χ1v) is 7.27. The van der Waals surface area contributed by atoms with Gasteiger partial charge in [-0.25, -0.2) is 0 Å². The van der Waals surface area contributed by atoms with Crippen LogP contribution in [0.1, 0.15) is 24.8 Å². The van der Waals surface area contributed by atoms with Crippen LogP contribution in [-0.2, 0) is 14.3 Å². The molecule has 6 heteroatoms. The van der Waals surface area contributed by atoms with Crippen LogP contribution in [0.5, 0.6) is 5.75 Å². The van der Waals surface area contributed by atoms with E-state index in [4.69, 9.17) is 9.47 Å². The zero-order valence-electron chi connectivity index (χ0n) is 12.6. The minimum atomic E-state index is -1.34. The summed E-state index contributed by atoms with van der Waals surface area (Å²) in [5.74, 6) is -2.79. The summed E-state index contributed by atoms with van der Waals surface area (Å²) in [6, 6.07) is 7.27. The molecular weight excluding hydrogens is 286 g/mol. The number of hydrogen-bond acceptors (Lipinski definition) is 5. The number of likely N-dealkylation sites (tertiary alicyclic amines) is 1. The standard InChI is InChI=1S/C16H19NO5/c1-16-9-11(10-5-3-4-6-12(10)22-16)13(15(19)20)14(18)17(16)7-8-21-2/h3-6,11,13H,7-9H2,1-2H3,(H,19,20)/p-1/t11-,13-,16-/m0/s1. The topological polar surface area (TPSA) is 78.9 Å². The van der Waals surface area contributed by atoms with Crippen LogP contribution in [-0.4, -0.2) is 42.8 Å². The number of para-hydroxylation sites is 1. The molecule has 3 rings (SSSR count). The van der Waals surface area contributed by atoms with Crippen LogP contribution >= 0.6 is 0 Å². The predicted molar refractivity (Wildman–Crippen MR) is 74.9 cm³/mol. The number of aliphatic carboxylic acids is 1. The normalized spacial score (nSPS) is 29.7. The number of amides is 1. The molecule has 118 valence electrons. The van der Waals surface area contributed by atoms with Crippen LogP contribution < -0.4 is 9.84 Å². The summed E-state index contributed by atoms with van der Waals surface area (Å²) in [6.45, 7) is 2.41. The first-order valence-electron chi connectivity index (χ1n) is 7.27. The first kappa shape index (κ1) is 14.8. The molecule has 22 heavy (non-hydrogen) atoms. The lowest BCUT2D eigenvalue weighted by Gasteiger charge is -2.53. The molecule has 2 aliphatic rings. The molecule has 6 nitrogen and oxygen atoms in total. The van der Waals surface area contributed by atoms with Gasteiger partial charge in [-0.15, -0.1) is 0 Å². The van der Waals surface area contributed by atoms with E-state index >= 15 is 0 Å². The maximum Gasteiger partial charge on any atom is 0.235 e. The highest BCUT2D eigenvalue weighted by atomic mass is 16.5. The smallest absolute Gasteiger partial charge is 0.235 e. The van der Waals surface area contributed by atoms with Gasteiger partial charge in [-0.3, -0.25) is 4.79 Å². The highest BCUT2D eigenvalue weighted by Gasteiger charge is 2.54. The average Bonchev–Trinajstić information content (AvgIpc) is 2.46. The molecule has 0 aromatic heterocycles. The lowest BCUT2D eigenvalue weighted by Crippen LogP contribution is -2.65. The second kappa shape index (κ2) is 5.28. The highest BCUT2D eigenvalue weighted by Crippen LogP contribution is 2.49. The molecule has 0 saturated carbocycles. The molecule has 1 amide bonds. The van der Waals surface area contributed by atoms with Crippen LogP contribution in [0.15, 0.2) is 24.3 Å². The molecule has 0 aliphatic carbocycles. The Bertz CT molecular complexity index is 616. The molecule has 2 bridgehead atoms. The summed E-state index contributed by atoms with van der Waals surface area (Å²) in [7, 11) is 1.53. The second-order valence-electron chi connectivity index (χ2n) is 5.90. The van der Waals surface area contributed by atoms with Gasteiger partial charge in [-0.05, 0) is 18.6 Å². The summed E-state index contributed by atoms with van der Waals surface area (Å²) < 4.78 is 11.1. The number of carbonyl (C=O) groups excluding carboxylic acids is 2. The molecule has 0 spiro atoms. The van der Waals surface area contributed by atoms with Crippen LogP contribution in [0.3, 0.4) is 0 Å². The number of ether oxygens (including phenoxy) is 2. The Labute approximate surface area is 128 Å². The number of rotatable bonds is 4. The van der Waals surface area contributed by atoms with Crippen LogP contribution in [0.4, 0.5) is 0 Å². The molecule has 0 unspecified atom stereocenters. The van der Waals surface area contributed by atoms with E-state index in [0.29, 0.717) is 18.8 Å². The largest absolute Gasteiger partial charge is 0.549 e. The molecule has 1 fully saturated rings. The van der Waals surface area contributed by atoms with E-state index in [1.54, 1.807) is 6.07 Å². The Morgan fingerprint density at radius 1 is 1.50 bits per heavy atom. The maximum atomic E-state index is 12.7. The zero-order valence-corrected chi connectivity index (χ0v) is 12.6. The Balaban J connectivity index is 2.07. The van der Waals surface area contributed by atoms with Crippen molar-refractivity contribution in [3.05, 3.63) is 29.8 Å². The van der Waals surface area contributed by atoms with Gasteiger partial charge in [0.15, 0.2) is 5.72 Å². The number of fused-ring (bicyclic) bond motifs is 4. The number of carbonyl (C=O) groups is 2. The van der Waals surface area contributed by atoms with E-state index in [2.05, 4.69) is 0 Å². The fourth-order valence-corrected chi connectivity index (χ4v) is 3.51. The fourth-order valence-electron chi connectivity index (χ4n) is 3.51. The molecular formula is C16H18NO5-. The number of nitrogens with zero attached hydrogens (tertiary/aromatic N) is 1. The Morgan fingerprint density at radius 2 is 2.23 bits per heavy atom. The van der Waals surface area contributed by atoms with E-state index in [1.807, 2.05) is 25.1 Å². The van der Waals surface area contributed by atoms with E-state index in [9.17, 15) is 14.7 Å². The van der Waals surface area contributed by atoms with Gasteiger partial charge >= 0.3 is 0 Å². The van der Waals surface area contributed by atoms with Crippen molar-refractivity contribution in [3.8, 4) is 5.75 Å². The van der Waals surface area contributed by atoms with E-state index in [-0.39, 0.29) is 6.54 Å². The highest BCUT2D eigenvalue weighted by molar-refractivity contribution is 5.98. The number of carboxylic acids is 1. The third-order valence-electron chi connectivity index (χ3n) is 4.53. The van der Waals surface area contributed by atoms with Gasteiger partial charge in [0, 0.05) is 26.0 Å². The van der Waals surface area contributed by atoms with Gasteiger partial charge in [0.25, 0.3) is 0 Å². The fraction of sp³-hybridized carbons (Fsp3) is 0.500. The van der Waals surface area contributed by atoms with Crippen molar-refractivity contribution in [2.75, 3.05) is 20.3 Å².